The van der Waals surface area contributed by atoms with Gasteiger partial charge in [0.25, 0.3) is 0 Å². The lowest BCUT2D eigenvalue weighted by Crippen LogP contribution is -2.26. The molecule has 2 rings (SSSR count). The molecule has 0 spiro atoms. The van der Waals surface area contributed by atoms with Crippen molar-refractivity contribution >= 4 is 23.5 Å². The number of hydrogen-bond donors (Lipinski definition) is 2. The molecule has 0 bridgehead atoms. The lowest BCUT2D eigenvalue weighted by Gasteiger charge is -2.10. The Morgan fingerprint density at radius 3 is 3.00 bits per heavy atom. The van der Waals surface area contributed by atoms with E-state index in [1.54, 1.807) is 25.2 Å². The summed E-state index contributed by atoms with van der Waals surface area (Å²) in [7, 11) is 1.61. The molecule has 1 heterocycles. The van der Waals surface area contributed by atoms with Gasteiger partial charge in [-0.05, 0) is 12.1 Å². The van der Waals surface area contributed by atoms with Gasteiger partial charge in [-0.3, -0.25) is 9.89 Å². The lowest BCUT2D eigenvalue weighted by molar-refractivity contribution is -0.135. The largest absolute Gasteiger partial charge is 0.480 e. The minimum atomic E-state index is -0.938. The zero-order valence-electron chi connectivity index (χ0n) is 9.59. The van der Waals surface area contributed by atoms with Gasteiger partial charge >= 0.3 is 5.97 Å². The van der Waals surface area contributed by atoms with Gasteiger partial charge in [0, 0.05) is 17.6 Å². The molecule has 2 aromatic rings. The molecule has 0 atom stereocenters. The number of nitrogens with zero attached hydrogens (tertiary/aromatic N) is 3. The maximum absolute atomic E-state index is 10.6. The van der Waals surface area contributed by atoms with Crippen LogP contribution >= 0.6 is 11.6 Å². The van der Waals surface area contributed by atoms with Crippen molar-refractivity contribution in [3.63, 3.8) is 0 Å². The smallest absolute Gasteiger partial charge is 0.323 e. The number of aliphatic carboxylic acids is 1. The summed E-state index contributed by atoms with van der Waals surface area (Å²) in [6.07, 6.45) is 0. The number of nitrogens with one attached hydrogen (secondary N) is 1. The summed E-state index contributed by atoms with van der Waals surface area (Å²) in [6, 6.07) is 7.16. The molecule has 0 amide bonds. The van der Waals surface area contributed by atoms with E-state index in [4.69, 9.17) is 16.7 Å². The SMILES string of the molecule is CN(CC(=O)O)c1n[nH]c(-c2cccc(Cl)c2)n1. The first kappa shape index (κ1) is 12.4. The fourth-order valence-electron chi connectivity index (χ4n) is 1.46. The summed E-state index contributed by atoms with van der Waals surface area (Å²) in [5, 5.41) is 16.0. The number of halogens is 1. The van der Waals surface area contributed by atoms with E-state index in [0.29, 0.717) is 16.8 Å². The van der Waals surface area contributed by atoms with Crippen LogP contribution in [-0.2, 0) is 4.79 Å². The Morgan fingerprint density at radius 2 is 2.33 bits per heavy atom. The van der Waals surface area contributed by atoms with Gasteiger partial charge in [0.15, 0.2) is 5.82 Å². The summed E-state index contributed by atoms with van der Waals surface area (Å²) < 4.78 is 0. The zero-order chi connectivity index (χ0) is 13.1. The number of rotatable bonds is 4. The fraction of sp³-hybridized carbons (Fsp3) is 0.182. The first-order chi connectivity index (χ1) is 8.56. The topological polar surface area (TPSA) is 82.1 Å². The third-order valence-corrected chi connectivity index (χ3v) is 2.52. The summed E-state index contributed by atoms with van der Waals surface area (Å²) in [4.78, 5) is 16.2. The zero-order valence-corrected chi connectivity index (χ0v) is 10.3. The van der Waals surface area contributed by atoms with Crippen molar-refractivity contribution in [2.24, 2.45) is 0 Å². The van der Waals surface area contributed by atoms with Gasteiger partial charge in [0.2, 0.25) is 5.95 Å². The third-order valence-electron chi connectivity index (χ3n) is 2.29. The van der Waals surface area contributed by atoms with E-state index in [9.17, 15) is 4.79 Å². The van der Waals surface area contributed by atoms with Crippen LogP contribution < -0.4 is 4.90 Å². The van der Waals surface area contributed by atoms with Crippen LogP contribution in [-0.4, -0.2) is 39.8 Å². The molecule has 0 fully saturated rings. The average molecular weight is 267 g/mol. The Balaban J connectivity index is 2.22. The molecule has 1 aromatic carbocycles. The highest BCUT2D eigenvalue weighted by Crippen LogP contribution is 2.20. The summed E-state index contributed by atoms with van der Waals surface area (Å²) in [5.41, 5.74) is 0.796. The molecule has 2 N–H and O–H groups in total. The molecule has 94 valence electrons. The van der Waals surface area contributed by atoms with Crippen LogP contribution in [0.15, 0.2) is 24.3 Å². The maximum atomic E-state index is 10.6. The van der Waals surface area contributed by atoms with Crippen LogP contribution in [0.4, 0.5) is 5.95 Å². The molecule has 18 heavy (non-hydrogen) atoms. The first-order valence-electron chi connectivity index (χ1n) is 5.17. The van der Waals surface area contributed by atoms with Gasteiger partial charge in [-0.1, -0.05) is 23.7 Å². The molecule has 0 aliphatic heterocycles. The number of H-pyrrole nitrogens is 1. The van der Waals surface area contributed by atoms with E-state index < -0.39 is 5.97 Å². The van der Waals surface area contributed by atoms with Gasteiger partial charge < -0.3 is 10.0 Å². The predicted molar refractivity (Wildman–Crippen MR) is 67.7 cm³/mol. The van der Waals surface area contributed by atoms with Crippen LogP contribution in [0, 0.1) is 0 Å². The highest BCUT2D eigenvalue weighted by Gasteiger charge is 2.12. The van der Waals surface area contributed by atoms with Crippen LogP contribution in [0.5, 0.6) is 0 Å². The highest BCUT2D eigenvalue weighted by molar-refractivity contribution is 6.30. The van der Waals surface area contributed by atoms with Gasteiger partial charge in [-0.2, -0.15) is 4.98 Å². The Morgan fingerprint density at radius 1 is 1.56 bits per heavy atom. The number of anilines is 1. The molecular weight excluding hydrogens is 256 g/mol. The van der Waals surface area contributed by atoms with Crippen molar-refractivity contribution in [1.82, 2.24) is 15.2 Å². The summed E-state index contributed by atoms with van der Waals surface area (Å²) in [5.74, 6) is -0.0660. The van der Waals surface area contributed by atoms with E-state index >= 15 is 0 Å². The Hall–Kier alpha value is -2.08. The standard InChI is InChI=1S/C11H11ClN4O2/c1-16(6-9(17)18)11-13-10(14-15-11)7-3-2-4-8(12)5-7/h2-5H,6H2,1H3,(H,17,18)(H,13,14,15). The number of aromatic nitrogens is 3. The van der Waals surface area contributed by atoms with E-state index in [2.05, 4.69) is 15.2 Å². The average Bonchev–Trinajstić information content (AvgIpc) is 2.77. The van der Waals surface area contributed by atoms with Crippen molar-refractivity contribution < 1.29 is 9.90 Å². The minimum absolute atomic E-state index is 0.160. The molecule has 1 aromatic heterocycles. The monoisotopic (exact) mass is 266 g/mol. The number of carboxylic acid groups (broad SMARTS) is 1. The van der Waals surface area contributed by atoms with E-state index in [0.717, 1.165) is 5.56 Å². The van der Waals surface area contributed by atoms with E-state index in [-0.39, 0.29) is 6.54 Å². The second-order valence-corrected chi connectivity index (χ2v) is 4.18. The van der Waals surface area contributed by atoms with Crippen LogP contribution in [0.25, 0.3) is 11.4 Å². The number of hydrogen-bond acceptors (Lipinski definition) is 4. The van der Waals surface area contributed by atoms with Crippen molar-refractivity contribution in [1.29, 1.82) is 0 Å². The second kappa shape index (κ2) is 5.05. The molecule has 0 radical (unpaired) electrons. The van der Waals surface area contributed by atoms with Crippen LogP contribution in [0.3, 0.4) is 0 Å². The highest BCUT2D eigenvalue weighted by atomic mass is 35.5. The van der Waals surface area contributed by atoms with Gasteiger partial charge in [0.05, 0.1) is 0 Å². The molecule has 0 saturated heterocycles. The molecule has 0 aliphatic carbocycles. The molecule has 0 unspecified atom stereocenters. The normalized spacial score (nSPS) is 10.3. The molecular formula is C11H11ClN4O2. The number of carboxylic acids is 1. The van der Waals surface area contributed by atoms with Crippen molar-refractivity contribution in [2.75, 3.05) is 18.5 Å². The number of aromatic amines is 1. The Kier molecular flexibility index (Phi) is 3.47. The van der Waals surface area contributed by atoms with Crippen LogP contribution in [0.1, 0.15) is 0 Å². The van der Waals surface area contributed by atoms with Gasteiger partial charge in [0.1, 0.15) is 6.54 Å². The van der Waals surface area contributed by atoms with Crippen LogP contribution in [0.2, 0.25) is 5.02 Å². The fourth-order valence-corrected chi connectivity index (χ4v) is 1.65. The molecule has 0 aliphatic rings. The molecule has 6 nitrogen and oxygen atoms in total. The first-order valence-corrected chi connectivity index (χ1v) is 5.55. The molecule has 7 heteroatoms. The third kappa shape index (κ3) is 2.78. The number of carbonyl (C=O) groups is 1. The molecule has 0 saturated carbocycles. The lowest BCUT2D eigenvalue weighted by atomic mass is 10.2. The Bertz CT molecular complexity index is 570. The Labute approximate surface area is 108 Å². The van der Waals surface area contributed by atoms with Gasteiger partial charge in [-0.25, -0.2) is 0 Å². The summed E-state index contributed by atoms with van der Waals surface area (Å²) in [6.45, 7) is -0.160. The number of benzene rings is 1. The minimum Gasteiger partial charge on any atom is -0.480 e. The van der Waals surface area contributed by atoms with Crippen molar-refractivity contribution in [3.05, 3.63) is 29.3 Å². The number of likely N-dealkylation sites (N-methyl/N-ethyl adjacent to an activating group) is 1. The predicted octanol–water partition coefficient (Wildman–Crippen LogP) is 1.65. The van der Waals surface area contributed by atoms with Gasteiger partial charge in [-0.15, -0.1) is 5.10 Å². The van der Waals surface area contributed by atoms with Crippen molar-refractivity contribution in [2.45, 2.75) is 0 Å². The quantitative estimate of drug-likeness (QED) is 0.879. The summed E-state index contributed by atoms with van der Waals surface area (Å²) >= 11 is 5.88. The van der Waals surface area contributed by atoms with E-state index in [1.807, 2.05) is 6.07 Å². The van der Waals surface area contributed by atoms with E-state index in [1.165, 1.54) is 4.90 Å². The second-order valence-electron chi connectivity index (χ2n) is 3.74. The maximum Gasteiger partial charge on any atom is 0.323 e. The van der Waals surface area contributed by atoms with Crippen molar-refractivity contribution in [3.8, 4) is 11.4 Å².